The van der Waals surface area contributed by atoms with Crippen LogP contribution in [0.25, 0.3) is 0 Å². The second kappa shape index (κ2) is 6.02. The molecule has 1 aromatic heterocycles. The second-order valence-corrected chi connectivity index (χ2v) is 3.39. The van der Waals surface area contributed by atoms with E-state index in [2.05, 4.69) is 10.3 Å². The summed E-state index contributed by atoms with van der Waals surface area (Å²) in [6.07, 6.45) is 1.57. The van der Waals surface area contributed by atoms with E-state index >= 15 is 0 Å². The first kappa shape index (κ1) is 12.4. The van der Waals surface area contributed by atoms with Gasteiger partial charge in [-0.15, -0.1) is 0 Å². The molecule has 5 nitrogen and oxygen atoms in total. The Kier molecular flexibility index (Phi) is 4.65. The molecule has 1 rings (SSSR count). The van der Waals surface area contributed by atoms with E-state index in [0.29, 0.717) is 12.3 Å². The molecule has 0 aliphatic carbocycles. The summed E-state index contributed by atoms with van der Waals surface area (Å²) in [6.45, 7) is 2.24. The molecule has 16 heavy (non-hydrogen) atoms. The van der Waals surface area contributed by atoms with Gasteiger partial charge in [-0.3, -0.25) is 9.78 Å². The topological polar surface area (TPSA) is 77.2 Å². The summed E-state index contributed by atoms with van der Waals surface area (Å²) in [5.41, 5.74) is 6.68. The lowest BCUT2D eigenvalue weighted by Gasteiger charge is -2.06. The standard InChI is InChI=1S/C10H13N3O2S/c1-2-15-9(14)6-13-7-3-4-12-8(5-7)10(11)16/h3-5H,2,6H2,1H3,(H2,11,16)(H,12,13). The van der Waals surface area contributed by atoms with E-state index in [1.807, 2.05) is 0 Å². The van der Waals surface area contributed by atoms with Crippen LogP contribution in [-0.2, 0) is 9.53 Å². The average molecular weight is 239 g/mol. The maximum absolute atomic E-state index is 11.1. The van der Waals surface area contributed by atoms with Crippen LogP contribution in [0.3, 0.4) is 0 Å². The number of nitrogens with two attached hydrogens (primary N) is 1. The second-order valence-electron chi connectivity index (χ2n) is 2.95. The van der Waals surface area contributed by atoms with Crippen molar-refractivity contribution in [3.8, 4) is 0 Å². The number of carbonyl (C=O) groups excluding carboxylic acids is 1. The van der Waals surface area contributed by atoms with Gasteiger partial charge in [0, 0.05) is 11.9 Å². The number of esters is 1. The molecule has 1 aromatic rings. The van der Waals surface area contributed by atoms with Crippen LogP contribution in [0.1, 0.15) is 12.6 Å². The summed E-state index contributed by atoms with van der Waals surface area (Å²) in [6, 6.07) is 3.41. The molecule has 0 aliphatic heterocycles. The molecule has 0 aromatic carbocycles. The number of rotatable bonds is 5. The van der Waals surface area contributed by atoms with Crippen molar-refractivity contribution in [3.05, 3.63) is 24.0 Å². The Hall–Kier alpha value is -1.69. The number of nitrogens with one attached hydrogen (secondary N) is 1. The van der Waals surface area contributed by atoms with Crippen LogP contribution < -0.4 is 11.1 Å². The van der Waals surface area contributed by atoms with E-state index < -0.39 is 0 Å². The van der Waals surface area contributed by atoms with E-state index in [4.69, 9.17) is 22.7 Å². The first-order chi connectivity index (χ1) is 7.63. The van der Waals surface area contributed by atoms with Gasteiger partial charge in [0.1, 0.15) is 11.5 Å². The maximum atomic E-state index is 11.1. The van der Waals surface area contributed by atoms with Gasteiger partial charge in [0.05, 0.1) is 12.3 Å². The van der Waals surface area contributed by atoms with Gasteiger partial charge in [0.15, 0.2) is 0 Å². The summed E-state index contributed by atoms with van der Waals surface area (Å²) in [7, 11) is 0. The fraction of sp³-hybridized carbons (Fsp3) is 0.300. The lowest BCUT2D eigenvalue weighted by Crippen LogP contribution is -2.17. The van der Waals surface area contributed by atoms with E-state index in [-0.39, 0.29) is 17.5 Å². The minimum absolute atomic E-state index is 0.106. The Bertz CT molecular complexity index is 395. The summed E-state index contributed by atoms with van der Waals surface area (Å²) in [5, 5.41) is 2.89. The Morgan fingerprint density at radius 3 is 3.06 bits per heavy atom. The largest absolute Gasteiger partial charge is 0.465 e. The smallest absolute Gasteiger partial charge is 0.325 e. The molecule has 0 fully saturated rings. The van der Waals surface area contributed by atoms with Crippen LogP contribution in [0.5, 0.6) is 0 Å². The van der Waals surface area contributed by atoms with E-state index in [0.717, 1.165) is 5.69 Å². The van der Waals surface area contributed by atoms with E-state index in [1.165, 1.54) is 0 Å². The van der Waals surface area contributed by atoms with Crippen molar-refractivity contribution in [1.82, 2.24) is 4.98 Å². The van der Waals surface area contributed by atoms with Gasteiger partial charge >= 0.3 is 5.97 Å². The Morgan fingerprint density at radius 2 is 2.44 bits per heavy atom. The number of hydrogen-bond donors (Lipinski definition) is 2. The zero-order valence-corrected chi connectivity index (χ0v) is 9.71. The molecule has 0 aliphatic rings. The Balaban J connectivity index is 2.57. The zero-order valence-electron chi connectivity index (χ0n) is 8.90. The first-order valence-corrected chi connectivity index (χ1v) is 5.19. The lowest BCUT2D eigenvalue weighted by atomic mass is 10.3. The van der Waals surface area contributed by atoms with Crippen molar-refractivity contribution in [1.29, 1.82) is 0 Å². The van der Waals surface area contributed by atoms with Gasteiger partial charge in [0.2, 0.25) is 0 Å². The number of carbonyl (C=O) groups is 1. The average Bonchev–Trinajstić information content (AvgIpc) is 2.27. The number of anilines is 1. The van der Waals surface area contributed by atoms with Crippen molar-refractivity contribution in [2.24, 2.45) is 5.73 Å². The zero-order chi connectivity index (χ0) is 12.0. The van der Waals surface area contributed by atoms with Gasteiger partial charge in [-0.1, -0.05) is 12.2 Å². The predicted molar refractivity (Wildman–Crippen MR) is 65.2 cm³/mol. The van der Waals surface area contributed by atoms with Crippen molar-refractivity contribution in [2.75, 3.05) is 18.5 Å². The SMILES string of the molecule is CCOC(=O)CNc1ccnc(C(N)=S)c1. The molecule has 3 N–H and O–H groups in total. The third-order valence-corrected chi connectivity index (χ3v) is 1.96. The summed E-state index contributed by atoms with van der Waals surface area (Å²) < 4.78 is 4.77. The highest BCUT2D eigenvalue weighted by atomic mass is 32.1. The van der Waals surface area contributed by atoms with Crippen LogP contribution in [0.2, 0.25) is 0 Å². The maximum Gasteiger partial charge on any atom is 0.325 e. The highest BCUT2D eigenvalue weighted by molar-refractivity contribution is 7.80. The van der Waals surface area contributed by atoms with E-state index in [1.54, 1.807) is 25.3 Å². The molecule has 0 saturated carbocycles. The van der Waals surface area contributed by atoms with Crippen LogP contribution >= 0.6 is 12.2 Å². The fourth-order valence-corrected chi connectivity index (χ4v) is 1.17. The number of pyridine rings is 1. The normalized spacial score (nSPS) is 9.56. The molecule has 0 radical (unpaired) electrons. The van der Waals surface area contributed by atoms with Gasteiger partial charge in [-0.25, -0.2) is 0 Å². The number of thiocarbonyl (C=S) groups is 1. The summed E-state index contributed by atoms with van der Waals surface area (Å²) in [4.78, 5) is 15.3. The predicted octanol–water partition coefficient (Wildman–Crippen LogP) is 0.691. The number of ether oxygens (including phenoxy) is 1. The minimum atomic E-state index is -0.309. The minimum Gasteiger partial charge on any atom is -0.465 e. The number of hydrogen-bond acceptors (Lipinski definition) is 5. The molecule has 1 heterocycles. The van der Waals surface area contributed by atoms with Crippen LogP contribution in [-0.4, -0.2) is 29.1 Å². The van der Waals surface area contributed by atoms with Crippen molar-refractivity contribution < 1.29 is 9.53 Å². The quantitative estimate of drug-likeness (QED) is 0.581. The highest BCUT2D eigenvalue weighted by Gasteiger charge is 2.03. The Labute approximate surface area is 99.0 Å². The summed E-state index contributed by atoms with van der Waals surface area (Å²) >= 11 is 4.79. The van der Waals surface area contributed by atoms with Crippen molar-refractivity contribution in [2.45, 2.75) is 6.92 Å². The fourth-order valence-electron chi connectivity index (χ4n) is 1.06. The third kappa shape index (κ3) is 3.82. The molecule has 0 amide bonds. The molecule has 6 heteroatoms. The van der Waals surface area contributed by atoms with Gasteiger partial charge in [-0.05, 0) is 19.1 Å². The molecular weight excluding hydrogens is 226 g/mol. The Morgan fingerprint density at radius 1 is 1.69 bits per heavy atom. The molecular formula is C10H13N3O2S. The van der Waals surface area contributed by atoms with Crippen molar-refractivity contribution >= 4 is 28.9 Å². The number of aromatic nitrogens is 1. The van der Waals surface area contributed by atoms with Crippen LogP contribution in [0, 0.1) is 0 Å². The molecule has 0 atom stereocenters. The van der Waals surface area contributed by atoms with Gasteiger partial charge < -0.3 is 15.8 Å². The molecule has 0 bridgehead atoms. The molecule has 0 unspecified atom stereocenters. The molecule has 86 valence electrons. The molecule has 0 spiro atoms. The third-order valence-electron chi connectivity index (χ3n) is 1.75. The first-order valence-electron chi connectivity index (χ1n) is 4.79. The van der Waals surface area contributed by atoms with Crippen molar-refractivity contribution in [3.63, 3.8) is 0 Å². The van der Waals surface area contributed by atoms with Crippen LogP contribution in [0.4, 0.5) is 5.69 Å². The van der Waals surface area contributed by atoms with Gasteiger partial charge in [-0.2, -0.15) is 0 Å². The van der Waals surface area contributed by atoms with Gasteiger partial charge in [0.25, 0.3) is 0 Å². The summed E-state index contributed by atoms with van der Waals surface area (Å²) in [5.74, 6) is -0.309. The number of nitrogens with zero attached hydrogens (tertiary/aromatic N) is 1. The molecule has 0 saturated heterocycles. The highest BCUT2D eigenvalue weighted by Crippen LogP contribution is 2.07. The van der Waals surface area contributed by atoms with Crippen LogP contribution in [0.15, 0.2) is 18.3 Å². The monoisotopic (exact) mass is 239 g/mol. The van der Waals surface area contributed by atoms with E-state index in [9.17, 15) is 4.79 Å². The lowest BCUT2D eigenvalue weighted by molar-refractivity contribution is -0.140.